The topological polar surface area (TPSA) is 78.4 Å². The Morgan fingerprint density at radius 1 is 1.08 bits per heavy atom. The number of ether oxygens (including phenoxy) is 4. The quantitative estimate of drug-likeness (QED) is 0.123. The van der Waals surface area contributed by atoms with E-state index in [1.807, 2.05) is 13.0 Å². The number of methoxy groups -OCH3 is 1. The second-order valence-corrected chi connectivity index (χ2v) is 8.47. The number of hydrogen-bond donors (Lipinski definition) is 1. The molecule has 188 valence electrons. The standard InChI is InChI=1S/C27H26FIN2O5/c1-4-12-35-23-11-10-19(15-24(23)33-3)27(32)31-30-16-18-13-22(29)26(25(14-18)34-5-2)36-17-20-8-6-7-9-21(20)28/h4,6-11,13-16H,1,5,12,17H2,2-3H3,(H,31,32)/b30-16+. The maximum atomic E-state index is 14.0. The second-order valence-electron chi connectivity index (χ2n) is 7.31. The van der Waals surface area contributed by atoms with Crippen LogP contribution in [0.2, 0.25) is 0 Å². The largest absolute Gasteiger partial charge is 0.493 e. The lowest BCUT2D eigenvalue weighted by atomic mass is 10.2. The van der Waals surface area contributed by atoms with Crippen molar-refractivity contribution < 1.29 is 28.1 Å². The van der Waals surface area contributed by atoms with E-state index in [4.69, 9.17) is 18.9 Å². The third-order valence-corrected chi connectivity index (χ3v) is 5.63. The summed E-state index contributed by atoms with van der Waals surface area (Å²) >= 11 is 2.12. The summed E-state index contributed by atoms with van der Waals surface area (Å²) in [7, 11) is 1.50. The number of nitrogens with one attached hydrogen (secondary N) is 1. The van der Waals surface area contributed by atoms with Crippen molar-refractivity contribution in [2.45, 2.75) is 13.5 Å². The summed E-state index contributed by atoms with van der Waals surface area (Å²) in [5.74, 6) is 1.19. The number of hydrazone groups is 1. The lowest BCUT2D eigenvalue weighted by Gasteiger charge is -2.15. The molecule has 7 nitrogen and oxygen atoms in total. The lowest BCUT2D eigenvalue weighted by molar-refractivity contribution is 0.0954. The van der Waals surface area contributed by atoms with E-state index < -0.39 is 5.91 Å². The van der Waals surface area contributed by atoms with Crippen LogP contribution in [0.25, 0.3) is 0 Å². The molecule has 0 fully saturated rings. The van der Waals surface area contributed by atoms with Crippen molar-refractivity contribution in [1.29, 1.82) is 0 Å². The van der Waals surface area contributed by atoms with Gasteiger partial charge in [-0.25, -0.2) is 9.82 Å². The van der Waals surface area contributed by atoms with E-state index in [2.05, 4.69) is 39.7 Å². The first-order valence-electron chi connectivity index (χ1n) is 11.0. The average Bonchev–Trinajstić information content (AvgIpc) is 2.88. The molecule has 0 aliphatic carbocycles. The van der Waals surface area contributed by atoms with Gasteiger partial charge in [-0.1, -0.05) is 30.9 Å². The fourth-order valence-corrected chi connectivity index (χ4v) is 3.92. The molecule has 0 saturated carbocycles. The summed E-state index contributed by atoms with van der Waals surface area (Å²) in [4.78, 5) is 12.6. The summed E-state index contributed by atoms with van der Waals surface area (Å²) in [5, 5.41) is 4.06. The molecule has 0 heterocycles. The van der Waals surface area contributed by atoms with Crippen LogP contribution in [0.3, 0.4) is 0 Å². The van der Waals surface area contributed by atoms with Crippen LogP contribution in [0.1, 0.15) is 28.4 Å². The van der Waals surface area contributed by atoms with Crippen LogP contribution >= 0.6 is 22.6 Å². The first kappa shape index (κ1) is 27.0. The van der Waals surface area contributed by atoms with Crippen molar-refractivity contribution in [1.82, 2.24) is 5.43 Å². The van der Waals surface area contributed by atoms with Crippen molar-refractivity contribution in [2.24, 2.45) is 5.10 Å². The fourth-order valence-electron chi connectivity index (χ4n) is 3.14. The molecule has 3 rings (SSSR count). The van der Waals surface area contributed by atoms with E-state index in [0.29, 0.717) is 52.9 Å². The predicted octanol–water partition coefficient (Wildman–Crippen LogP) is 5.75. The van der Waals surface area contributed by atoms with Crippen molar-refractivity contribution in [3.63, 3.8) is 0 Å². The van der Waals surface area contributed by atoms with Gasteiger partial charge in [-0.2, -0.15) is 5.10 Å². The molecular weight excluding hydrogens is 578 g/mol. The van der Waals surface area contributed by atoms with Gasteiger partial charge in [0.1, 0.15) is 19.0 Å². The van der Waals surface area contributed by atoms with E-state index in [0.717, 1.165) is 3.57 Å². The Morgan fingerprint density at radius 2 is 1.89 bits per heavy atom. The number of nitrogens with zero attached hydrogens (tertiary/aromatic N) is 1. The lowest BCUT2D eigenvalue weighted by Crippen LogP contribution is -2.17. The van der Waals surface area contributed by atoms with Crippen molar-refractivity contribution in [3.8, 4) is 23.0 Å². The third kappa shape index (κ3) is 7.20. The number of rotatable bonds is 12. The van der Waals surface area contributed by atoms with E-state index in [9.17, 15) is 9.18 Å². The van der Waals surface area contributed by atoms with Crippen molar-refractivity contribution >= 4 is 34.7 Å². The van der Waals surface area contributed by atoms with Gasteiger partial charge in [0.2, 0.25) is 0 Å². The van der Waals surface area contributed by atoms with Gasteiger partial charge in [0.25, 0.3) is 5.91 Å². The minimum Gasteiger partial charge on any atom is -0.493 e. The molecule has 1 amide bonds. The van der Waals surface area contributed by atoms with Crippen molar-refractivity contribution in [3.05, 3.63) is 93.3 Å². The molecule has 0 unspecified atom stereocenters. The molecule has 0 spiro atoms. The predicted molar refractivity (Wildman–Crippen MR) is 145 cm³/mol. The maximum Gasteiger partial charge on any atom is 0.271 e. The van der Waals surface area contributed by atoms with Crippen LogP contribution in [-0.4, -0.2) is 32.4 Å². The molecule has 3 aromatic carbocycles. The van der Waals surface area contributed by atoms with Crippen LogP contribution in [0, 0.1) is 9.39 Å². The van der Waals surface area contributed by atoms with Crippen LogP contribution in [-0.2, 0) is 6.61 Å². The Labute approximate surface area is 223 Å². The molecule has 0 aromatic heterocycles. The van der Waals surface area contributed by atoms with Gasteiger partial charge in [0.05, 0.1) is 23.5 Å². The normalized spacial score (nSPS) is 10.7. The van der Waals surface area contributed by atoms with E-state index in [1.54, 1.807) is 48.5 Å². The zero-order chi connectivity index (χ0) is 25.9. The number of carbonyl (C=O) groups excluding carboxylic acids is 1. The molecule has 0 aliphatic heterocycles. The Kier molecular flexibility index (Phi) is 10.1. The Morgan fingerprint density at radius 3 is 2.61 bits per heavy atom. The van der Waals surface area contributed by atoms with Gasteiger partial charge in [-0.3, -0.25) is 4.79 Å². The molecule has 0 atom stereocenters. The van der Waals surface area contributed by atoms with Crippen LogP contribution < -0.4 is 24.4 Å². The summed E-state index contributed by atoms with van der Waals surface area (Å²) < 4.78 is 37.1. The van der Waals surface area contributed by atoms with Crippen LogP contribution in [0.5, 0.6) is 23.0 Å². The number of halogens is 2. The maximum absolute atomic E-state index is 14.0. The van der Waals surface area contributed by atoms with Crippen LogP contribution in [0.15, 0.2) is 72.4 Å². The van der Waals surface area contributed by atoms with E-state index in [-0.39, 0.29) is 12.4 Å². The number of benzene rings is 3. The number of hydrogen-bond acceptors (Lipinski definition) is 6. The summed E-state index contributed by atoms with van der Waals surface area (Å²) in [6, 6.07) is 14.8. The molecule has 9 heteroatoms. The number of carbonyl (C=O) groups is 1. The van der Waals surface area contributed by atoms with Crippen molar-refractivity contribution in [2.75, 3.05) is 20.3 Å². The monoisotopic (exact) mass is 604 g/mol. The molecule has 0 saturated heterocycles. The minimum absolute atomic E-state index is 0.0626. The van der Waals surface area contributed by atoms with E-state index in [1.165, 1.54) is 19.4 Å². The highest BCUT2D eigenvalue weighted by atomic mass is 127. The Balaban J connectivity index is 1.71. The zero-order valence-corrected chi connectivity index (χ0v) is 22.1. The molecule has 0 radical (unpaired) electrons. The van der Waals surface area contributed by atoms with E-state index >= 15 is 0 Å². The van der Waals surface area contributed by atoms with Gasteiger partial charge in [-0.05, 0) is 71.5 Å². The SMILES string of the molecule is C=CCOc1ccc(C(=O)N/N=C/c2cc(I)c(OCc3ccccc3F)c(OCC)c2)cc1OC. The average molecular weight is 604 g/mol. The molecule has 36 heavy (non-hydrogen) atoms. The van der Waals surface area contributed by atoms with Gasteiger partial charge >= 0.3 is 0 Å². The second kappa shape index (κ2) is 13.5. The Bertz CT molecular complexity index is 1250. The molecule has 0 aliphatic rings. The van der Waals surface area contributed by atoms with Crippen LogP contribution in [0.4, 0.5) is 4.39 Å². The minimum atomic E-state index is -0.413. The first-order chi connectivity index (χ1) is 17.5. The summed E-state index contributed by atoms with van der Waals surface area (Å²) in [5.41, 5.74) is 3.99. The third-order valence-electron chi connectivity index (χ3n) is 4.82. The zero-order valence-electron chi connectivity index (χ0n) is 19.9. The highest BCUT2D eigenvalue weighted by molar-refractivity contribution is 14.1. The number of amides is 1. The molecular formula is C27H26FIN2O5. The molecule has 3 aromatic rings. The van der Waals surface area contributed by atoms with Gasteiger partial charge in [0.15, 0.2) is 23.0 Å². The van der Waals surface area contributed by atoms with Gasteiger partial charge in [-0.15, -0.1) is 0 Å². The highest BCUT2D eigenvalue weighted by Gasteiger charge is 2.14. The first-order valence-corrected chi connectivity index (χ1v) is 12.1. The smallest absolute Gasteiger partial charge is 0.271 e. The van der Waals surface area contributed by atoms with Gasteiger partial charge < -0.3 is 18.9 Å². The Hall–Kier alpha value is -3.60. The highest BCUT2D eigenvalue weighted by Crippen LogP contribution is 2.34. The summed E-state index contributed by atoms with van der Waals surface area (Å²) in [6.07, 6.45) is 3.12. The van der Waals surface area contributed by atoms with Gasteiger partial charge in [0, 0.05) is 11.1 Å². The summed E-state index contributed by atoms with van der Waals surface area (Å²) in [6.45, 7) is 6.27. The molecule has 1 N–H and O–H groups in total. The fraction of sp³-hybridized carbons (Fsp3) is 0.185. The molecule has 0 bridgehead atoms.